The first-order valence-corrected chi connectivity index (χ1v) is 8.25. The Morgan fingerprint density at radius 1 is 1.43 bits per heavy atom. The van der Waals surface area contributed by atoms with Gasteiger partial charge in [0.1, 0.15) is 4.88 Å². The van der Waals surface area contributed by atoms with E-state index in [0.29, 0.717) is 22.1 Å². The van der Waals surface area contributed by atoms with Crippen molar-refractivity contribution < 1.29 is 14.3 Å². The minimum atomic E-state index is -0.416. The van der Waals surface area contributed by atoms with Crippen molar-refractivity contribution in [2.24, 2.45) is 0 Å². The van der Waals surface area contributed by atoms with E-state index in [1.54, 1.807) is 0 Å². The molecule has 1 atom stereocenters. The summed E-state index contributed by atoms with van der Waals surface area (Å²) in [6, 6.07) is 0.238. The number of ether oxygens (including phenoxy) is 1. The summed E-state index contributed by atoms with van der Waals surface area (Å²) >= 11 is 1.17. The molecule has 130 valence electrons. The Bertz CT molecular complexity index is 563. The molecule has 23 heavy (non-hydrogen) atoms. The molecule has 2 heterocycles. The molecule has 0 spiro atoms. The van der Waals surface area contributed by atoms with Crippen LogP contribution in [0.4, 0.5) is 5.13 Å². The van der Waals surface area contributed by atoms with Crippen molar-refractivity contribution in [3.8, 4) is 0 Å². The zero-order valence-electron chi connectivity index (χ0n) is 13.9. The fourth-order valence-corrected chi connectivity index (χ4v) is 3.55. The topological polar surface area (TPSA) is 80.3 Å². The highest BCUT2D eigenvalue weighted by Crippen LogP contribution is 2.32. The standard InChI is InChI=1S/C15H23N3O3S.ClH/c1-15(2,3)12-11(13(20)21-4)22-14(18-12)17-10(19)8-9-6-5-7-16-9;/h9,16H,5-8H2,1-4H3,(H,17,18,19);1H. The molecule has 8 heteroatoms. The van der Waals surface area contributed by atoms with Crippen molar-refractivity contribution in [1.82, 2.24) is 10.3 Å². The highest BCUT2D eigenvalue weighted by atomic mass is 35.5. The van der Waals surface area contributed by atoms with Crippen LogP contribution in [0.1, 0.15) is 55.4 Å². The van der Waals surface area contributed by atoms with Crippen molar-refractivity contribution in [3.05, 3.63) is 10.6 Å². The number of amides is 1. The number of hydrogen-bond acceptors (Lipinski definition) is 6. The fourth-order valence-electron chi connectivity index (χ4n) is 2.44. The monoisotopic (exact) mass is 361 g/mol. The molecule has 1 fully saturated rings. The maximum atomic E-state index is 12.1. The lowest BCUT2D eigenvalue weighted by molar-refractivity contribution is -0.116. The van der Waals surface area contributed by atoms with Gasteiger partial charge in [0.2, 0.25) is 5.91 Å². The van der Waals surface area contributed by atoms with Crippen LogP contribution in [0.5, 0.6) is 0 Å². The summed E-state index contributed by atoms with van der Waals surface area (Å²) in [5.41, 5.74) is 0.356. The second-order valence-electron chi connectivity index (χ2n) is 6.48. The molecule has 0 radical (unpaired) electrons. The number of hydrogen-bond donors (Lipinski definition) is 2. The number of methoxy groups -OCH3 is 1. The van der Waals surface area contributed by atoms with Gasteiger partial charge in [-0.05, 0) is 19.4 Å². The van der Waals surface area contributed by atoms with E-state index in [0.717, 1.165) is 19.4 Å². The van der Waals surface area contributed by atoms with E-state index < -0.39 is 5.97 Å². The van der Waals surface area contributed by atoms with Crippen molar-refractivity contribution >= 4 is 40.8 Å². The molecule has 0 bridgehead atoms. The number of carbonyl (C=O) groups excluding carboxylic acids is 2. The normalized spacial score (nSPS) is 17.5. The average Bonchev–Trinajstić information content (AvgIpc) is 3.06. The molecule has 2 rings (SSSR count). The van der Waals surface area contributed by atoms with Crippen LogP contribution in [0, 0.1) is 0 Å². The maximum Gasteiger partial charge on any atom is 0.350 e. The number of rotatable bonds is 4. The summed E-state index contributed by atoms with van der Waals surface area (Å²) < 4.78 is 4.81. The summed E-state index contributed by atoms with van der Waals surface area (Å²) in [5, 5.41) is 6.54. The number of thiazole rings is 1. The van der Waals surface area contributed by atoms with E-state index in [1.807, 2.05) is 20.8 Å². The summed E-state index contributed by atoms with van der Waals surface area (Å²) in [4.78, 5) is 28.8. The third kappa shape index (κ3) is 5.16. The van der Waals surface area contributed by atoms with Crippen LogP contribution in [0.25, 0.3) is 0 Å². The van der Waals surface area contributed by atoms with E-state index in [9.17, 15) is 9.59 Å². The molecular formula is C15H24ClN3O3S. The molecule has 1 aromatic rings. The van der Waals surface area contributed by atoms with Crippen molar-refractivity contribution in [2.75, 3.05) is 19.0 Å². The first-order chi connectivity index (χ1) is 10.3. The number of nitrogens with one attached hydrogen (secondary N) is 2. The third-order valence-corrected chi connectivity index (χ3v) is 4.50. The highest BCUT2D eigenvalue weighted by molar-refractivity contribution is 7.17. The van der Waals surface area contributed by atoms with Crippen LogP contribution in [-0.4, -0.2) is 36.6 Å². The number of nitrogens with zero attached hydrogens (tertiary/aromatic N) is 1. The lowest BCUT2D eigenvalue weighted by atomic mass is 9.91. The predicted molar refractivity (Wildman–Crippen MR) is 93.7 cm³/mol. The molecular weight excluding hydrogens is 338 g/mol. The molecule has 2 N–H and O–H groups in total. The van der Waals surface area contributed by atoms with Gasteiger partial charge in [0.25, 0.3) is 0 Å². The van der Waals surface area contributed by atoms with Gasteiger partial charge in [-0.25, -0.2) is 9.78 Å². The van der Waals surface area contributed by atoms with Crippen molar-refractivity contribution in [2.45, 2.75) is 51.5 Å². The van der Waals surface area contributed by atoms with Crippen LogP contribution in [-0.2, 0) is 14.9 Å². The first-order valence-electron chi connectivity index (χ1n) is 7.44. The Kier molecular flexibility index (Phi) is 6.98. The van der Waals surface area contributed by atoms with Crippen LogP contribution < -0.4 is 10.6 Å². The van der Waals surface area contributed by atoms with Crippen LogP contribution in [0.2, 0.25) is 0 Å². The van der Waals surface area contributed by atoms with Gasteiger partial charge in [0.05, 0.1) is 12.8 Å². The Morgan fingerprint density at radius 3 is 2.65 bits per heavy atom. The maximum absolute atomic E-state index is 12.1. The minimum absolute atomic E-state index is 0. The molecule has 1 saturated heterocycles. The Morgan fingerprint density at radius 2 is 2.13 bits per heavy atom. The van der Waals surface area contributed by atoms with Gasteiger partial charge >= 0.3 is 5.97 Å². The molecule has 1 unspecified atom stereocenters. The third-order valence-electron chi connectivity index (χ3n) is 3.55. The fraction of sp³-hybridized carbons (Fsp3) is 0.667. The van der Waals surface area contributed by atoms with E-state index in [2.05, 4.69) is 15.6 Å². The number of anilines is 1. The molecule has 1 amide bonds. The summed E-state index contributed by atoms with van der Waals surface area (Å²) in [5.74, 6) is -0.495. The van der Waals surface area contributed by atoms with Gasteiger partial charge in [-0.1, -0.05) is 32.1 Å². The van der Waals surface area contributed by atoms with Crippen molar-refractivity contribution in [3.63, 3.8) is 0 Å². The van der Waals surface area contributed by atoms with Gasteiger partial charge in [-0.3, -0.25) is 4.79 Å². The highest BCUT2D eigenvalue weighted by Gasteiger charge is 2.28. The minimum Gasteiger partial charge on any atom is -0.465 e. The van der Waals surface area contributed by atoms with Crippen LogP contribution in [0.15, 0.2) is 0 Å². The molecule has 0 aromatic carbocycles. The molecule has 1 aliphatic heterocycles. The average molecular weight is 362 g/mol. The molecule has 6 nitrogen and oxygen atoms in total. The van der Waals surface area contributed by atoms with E-state index in [-0.39, 0.29) is 29.8 Å². The van der Waals surface area contributed by atoms with Gasteiger partial charge in [-0.15, -0.1) is 12.4 Å². The quantitative estimate of drug-likeness (QED) is 0.806. The second-order valence-corrected chi connectivity index (χ2v) is 7.48. The summed E-state index contributed by atoms with van der Waals surface area (Å²) in [6.45, 7) is 6.89. The predicted octanol–water partition coefficient (Wildman–Crippen LogP) is 2.73. The van der Waals surface area contributed by atoms with Gasteiger partial charge in [0, 0.05) is 17.9 Å². The summed E-state index contributed by atoms with van der Waals surface area (Å²) in [7, 11) is 1.35. The molecule has 1 aliphatic rings. The SMILES string of the molecule is COC(=O)c1sc(NC(=O)CC2CCCN2)nc1C(C)(C)C.Cl. The second kappa shape index (κ2) is 8.08. The lowest BCUT2D eigenvalue weighted by Crippen LogP contribution is -2.27. The van der Waals surface area contributed by atoms with E-state index >= 15 is 0 Å². The van der Waals surface area contributed by atoms with Crippen LogP contribution in [0.3, 0.4) is 0 Å². The van der Waals surface area contributed by atoms with Gasteiger partial charge in [0.15, 0.2) is 5.13 Å². The largest absolute Gasteiger partial charge is 0.465 e. The number of carbonyl (C=O) groups is 2. The Labute approximate surface area is 146 Å². The molecule has 0 saturated carbocycles. The summed E-state index contributed by atoms with van der Waals surface area (Å²) in [6.07, 6.45) is 2.56. The van der Waals surface area contributed by atoms with E-state index in [4.69, 9.17) is 4.74 Å². The lowest BCUT2D eigenvalue weighted by Gasteiger charge is -2.16. The van der Waals surface area contributed by atoms with Crippen LogP contribution >= 0.6 is 23.7 Å². The zero-order valence-corrected chi connectivity index (χ0v) is 15.5. The Hall–Kier alpha value is -1.18. The first kappa shape index (κ1) is 19.9. The number of halogens is 1. The molecule has 0 aliphatic carbocycles. The zero-order chi connectivity index (χ0) is 16.3. The molecule has 1 aromatic heterocycles. The number of aromatic nitrogens is 1. The van der Waals surface area contributed by atoms with Gasteiger partial charge in [-0.2, -0.15) is 0 Å². The Balaban J connectivity index is 0.00000264. The number of esters is 1. The van der Waals surface area contributed by atoms with E-state index in [1.165, 1.54) is 18.4 Å². The van der Waals surface area contributed by atoms with Crippen molar-refractivity contribution in [1.29, 1.82) is 0 Å². The van der Waals surface area contributed by atoms with Gasteiger partial charge < -0.3 is 15.4 Å². The smallest absolute Gasteiger partial charge is 0.350 e.